The minimum atomic E-state index is -0.815. The van der Waals surface area contributed by atoms with E-state index in [2.05, 4.69) is 5.16 Å². The number of esters is 1. The van der Waals surface area contributed by atoms with Crippen LogP contribution in [0.3, 0.4) is 0 Å². The predicted octanol–water partition coefficient (Wildman–Crippen LogP) is 2.90. The Labute approximate surface area is 162 Å². The molecule has 0 amide bonds. The molecule has 146 valence electrons. The second kappa shape index (κ2) is 7.43. The van der Waals surface area contributed by atoms with Gasteiger partial charge >= 0.3 is 11.7 Å². The summed E-state index contributed by atoms with van der Waals surface area (Å²) in [5, 5.41) is 14.7. The van der Waals surface area contributed by atoms with Crippen molar-refractivity contribution in [2.75, 3.05) is 0 Å². The number of nitro benzene ring substituents is 1. The summed E-state index contributed by atoms with van der Waals surface area (Å²) >= 11 is 0. The number of aromatic nitrogens is 2. The summed E-state index contributed by atoms with van der Waals surface area (Å²) in [5.41, 5.74) is 1.30. The number of non-ortho nitro benzene ring substituents is 1. The molecule has 0 aliphatic heterocycles. The summed E-state index contributed by atoms with van der Waals surface area (Å²) in [7, 11) is 0. The van der Waals surface area contributed by atoms with Crippen LogP contribution in [-0.4, -0.2) is 20.6 Å². The van der Waals surface area contributed by atoms with Crippen molar-refractivity contribution in [3.8, 4) is 11.3 Å². The maximum atomic E-state index is 12.1. The second-order valence-corrected chi connectivity index (χ2v) is 6.07. The number of ether oxygens (including phenoxy) is 1. The zero-order valence-corrected chi connectivity index (χ0v) is 14.8. The van der Waals surface area contributed by atoms with E-state index in [9.17, 15) is 19.7 Å². The summed E-state index contributed by atoms with van der Waals surface area (Å²) in [4.78, 5) is 34.3. The number of carbonyl (C=O) groups is 1. The largest absolute Gasteiger partial charge is 0.458 e. The van der Waals surface area contributed by atoms with E-state index in [1.54, 1.807) is 6.07 Å². The van der Waals surface area contributed by atoms with Crippen molar-refractivity contribution in [1.29, 1.82) is 0 Å². The summed E-state index contributed by atoms with van der Waals surface area (Å²) < 4.78 is 16.4. The van der Waals surface area contributed by atoms with E-state index < -0.39 is 23.2 Å². The normalized spacial score (nSPS) is 10.9. The number of benzene rings is 2. The standard InChI is InChI=1S/C19H13N3O7/c23-18(27-11-13-8-16(29-20-13)12-4-2-1-3-5-12)10-21-15-7-6-14(22(25)26)9-17(15)28-19(21)24/h1-9H,10-11H2. The van der Waals surface area contributed by atoms with Gasteiger partial charge in [0.25, 0.3) is 5.69 Å². The average molecular weight is 395 g/mol. The number of fused-ring (bicyclic) bond motifs is 1. The highest BCUT2D eigenvalue weighted by Crippen LogP contribution is 2.21. The topological polar surface area (TPSA) is 131 Å². The van der Waals surface area contributed by atoms with E-state index in [4.69, 9.17) is 13.7 Å². The molecule has 0 bridgehead atoms. The number of nitro groups is 1. The summed E-state index contributed by atoms with van der Waals surface area (Å²) in [6.45, 7) is -0.543. The third-order valence-corrected chi connectivity index (χ3v) is 4.15. The molecule has 4 rings (SSSR count). The molecule has 2 heterocycles. The van der Waals surface area contributed by atoms with Crippen LogP contribution in [0, 0.1) is 10.1 Å². The van der Waals surface area contributed by atoms with Crippen LogP contribution < -0.4 is 5.76 Å². The van der Waals surface area contributed by atoms with Crippen molar-refractivity contribution in [3.63, 3.8) is 0 Å². The van der Waals surface area contributed by atoms with Crippen LogP contribution >= 0.6 is 0 Å². The summed E-state index contributed by atoms with van der Waals surface area (Å²) in [6, 6.07) is 14.7. The number of carbonyl (C=O) groups excluding carboxylic acids is 1. The third-order valence-electron chi connectivity index (χ3n) is 4.15. The molecule has 0 spiro atoms. The van der Waals surface area contributed by atoms with E-state index in [-0.39, 0.29) is 23.4 Å². The fraction of sp³-hybridized carbons (Fsp3) is 0.105. The number of hydrogen-bond acceptors (Lipinski definition) is 8. The summed E-state index contributed by atoms with van der Waals surface area (Å²) in [5.74, 6) is -0.974. The highest BCUT2D eigenvalue weighted by molar-refractivity contribution is 5.78. The smallest absolute Gasteiger partial charge is 0.420 e. The molecule has 29 heavy (non-hydrogen) atoms. The zero-order chi connectivity index (χ0) is 20.4. The third kappa shape index (κ3) is 3.76. The van der Waals surface area contributed by atoms with E-state index in [1.807, 2.05) is 30.3 Å². The van der Waals surface area contributed by atoms with E-state index in [1.165, 1.54) is 12.1 Å². The van der Waals surface area contributed by atoms with Gasteiger partial charge in [-0.1, -0.05) is 35.5 Å². The van der Waals surface area contributed by atoms with Crippen LogP contribution in [0.1, 0.15) is 5.69 Å². The van der Waals surface area contributed by atoms with Crippen LogP contribution in [-0.2, 0) is 22.7 Å². The molecule has 2 aromatic carbocycles. The minimum Gasteiger partial charge on any atom is -0.458 e. The Kier molecular flexibility index (Phi) is 4.65. The minimum absolute atomic E-state index is 0.0148. The molecule has 0 saturated heterocycles. The molecule has 0 saturated carbocycles. The SMILES string of the molecule is O=C(Cn1c(=O)oc2cc([N+](=O)[O-])ccc21)OCc1cc(-c2ccccc2)on1. The molecule has 0 radical (unpaired) electrons. The van der Waals surface area contributed by atoms with Crippen LogP contribution in [0.2, 0.25) is 0 Å². The molecule has 0 atom stereocenters. The quantitative estimate of drug-likeness (QED) is 0.277. The molecule has 10 heteroatoms. The van der Waals surface area contributed by atoms with Crippen LogP contribution in [0.4, 0.5) is 5.69 Å². The molecule has 0 aliphatic carbocycles. The van der Waals surface area contributed by atoms with Gasteiger partial charge in [0.05, 0.1) is 16.5 Å². The molecule has 10 nitrogen and oxygen atoms in total. The molecule has 0 N–H and O–H groups in total. The van der Waals surface area contributed by atoms with Crippen molar-refractivity contribution in [2.24, 2.45) is 0 Å². The average Bonchev–Trinajstić information content (AvgIpc) is 3.31. The van der Waals surface area contributed by atoms with Gasteiger partial charge in [-0.15, -0.1) is 0 Å². The monoisotopic (exact) mass is 395 g/mol. The molecule has 0 fully saturated rings. The van der Waals surface area contributed by atoms with Gasteiger partial charge in [0, 0.05) is 17.7 Å². The highest BCUT2D eigenvalue weighted by atomic mass is 16.6. The number of nitrogens with zero attached hydrogens (tertiary/aromatic N) is 3. The number of oxazole rings is 1. The van der Waals surface area contributed by atoms with Gasteiger partial charge < -0.3 is 13.7 Å². The Morgan fingerprint density at radius 2 is 1.97 bits per heavy atom. The Hall–Kier alpha value is -4.21. The maximum Gasteiger partial charge on any atom is 0.420 e. The fourth-order valence-electron chi connectivity index (χ4n) is 2.77. The first-order valence-electron chi connectivity index (χ1n) is 8.45. The Morgan fingerprint density at radius 1 is 1.17 bits per heavy atom. The first-order valence-corrected chi connectivity index (χ1v) is 8.45. The lowest BCUT2D eigenvalue weighted by Gasteiger charge is -2.03. The van der Waals surface area contributed by atoms with Crippen molar-refractivity contribution < 1.29 is 23.4 Å². The van der Waals surface area contributed by atoms with E-state index in [0.717, 1.165) is 16.2 Å². The fourth-order valence-corrected chi connectivity index (χ4v) is 2.77. The highest BCUT2D eigenvalue weighted by Gasteiger charge is 2.17. The maximum absolute atomic E-state index is 12.1. The van der Waals surface area contributed by atoms with Crippen LogP contribution in [0.25, 0.3) is 22.4 Å². The number of hydrogen-bond donors (Lipinski definition) is 0. The zero-order valence-electron chi connectivity index (χ0n) is 14.8. The molecule has 4 aromatic rings. The van der Waals surface area contributed by atoms with Gasteiger partial charge in [-0.25, -0.2) is 4.79 Å². The Bertz CT molecular complexity index is 1250. The van der Waals surface area contributed by atoms with Gasteiger partial charge in [-0.3, -0.25) is 19.5 Å². The van der Waals surface area contributed by atoms with Gasteiger partial charge in [-0.05, 0) is 6.07 Å². The molecule has 2 aromatic heterocycles. The van der Waals surface area contributed by atoms with Gasteiger partial charge in [-0.2, -0.15) is 0 Å². The Morgan fingerprint density at radius 3 is 2.72 bits per heavy atom. The van der Waals surface area contributed by atoms with Crippen molar-refractivity contribution in [2.45, 2.75) is 13.2 Å². The molecule has 0 unspecified atom stereocenters. The van der Waals surface area contributed by atoms with Gasteiger partial charge in [0.2, 0.25) is 0 Å². The van der Waals surface area contributed by atoms with Gasteiger partial charge in [0.15, 0.2) is 11.3 Å². The van der Waals surface area contributed by atoms with Crippen molar-refractivity contribution >= 4 is 22.8 Å². The predicted molar refractivity (Wildman–Crippen MR) is 98.9 cm³/mol. The second-order valence-electron chi connectivity index (χ2n) is 6.07. The Balaban J connectivity index is 1.44. The lowest BCUT2D eigenvalue weighted by Crippen LogP contribution is -2.21. The first kappa shape index (κ1) is 18.2. The lowest BCUT2D eigenvalue weighted by atomic mass is 10.2. The lowest BCUT2D eigenvalue weighted by molar-refractivity contribution is -0.384. The van der Waals surface area contributed by atoms with E-state index >= 15 is 0 Å². The van der Waals surface area contributed by atoms with Crippen molar-refractivity contribution in [3.05, 3.63) is 81.0 Å². The van der Waals surface area contributed by atoms with E-state index in [0.29, 0.717) is 11.5 Å². The van der Waals surface area contributed by atoms with Crippen LogP contribution in [0.5, 0.6) is 0 Å². The molecular weight excluding hydrogens is 382 g/mol. The van der Waals surface area contributed by atoms with Crippen LogP contribution in [0.15, 0.2) is 68.3 Å². The molecular formula is C19H13N3O7. The van der Waals surface area contributed by atoms with Crippen molar-refractivity contribution in [1.82, 2.24) is 9.72 Å². The van der Waals surface area contributed by atoms with Gasteiger partial charge in [0.1, 0.15) is 18.8 Å². The number of rotatable bonds is 6. The molecule has 0 aliphatic rings. The summed E-state index contributed by atoms with van der Waals surface area (Å²) in [6.07, 6.45) is 0. The first-order chi connectivity index (χ1) is 14.0.